The van der Waals surface area contributed by atoms with Gasteiger partial charge in [0, 0.05) is 5.39 Å². The summed E-state index contributed by atoms with van der Waals surface area (Å²) < 4.78 is 12.7. The molecule has 4 heteroatoms. The molecule has 80 valence electrons. The highest BCUT2D eigenvalue weighted by atomic mass is 19.1. The van der Waals surface area contributed by atoms with Gasteiger partial charge in [0.25, 0.3) is 0 Å². The Morgan fingerprint density at radius 3 is 2.75 bits per heavy atom. The van der Waals surface area contributed by atoms with E-state index in [1.165, 1.54) is 6.07 Å². The van der Waals surface area contributed by atoms with Crippen molar-refractivity contribution in [1.29, 1.82) is 0 Å². The van der Waals surface area contributed by atoms with Crippen LogP contribution in [0.5, 0.6) is 0 Å². The molecule has 0 saturated heterocycles. The molecule has 0 fully saturated rings. The maximum absolute atomic E-state index is 12.7. The molecule has 2 N–H and O–H groups in total. The molecule has 2 rings (SSSR count). The van der Waals surface area contributed by atoms with E-state index in [4.69, 9.17) is 5.73 Å². The monoisotopic (exact) mass is 216 g/mol. The third kappa shape index (κ3) is 1.65. The van der Waals surface area contributed by atoms with Crippen molar-refractivity contribution >= 4 is 22.4 Å². The van der Waals surface area contributed by atoms with E-state index in [1.54, 1.807) is 18.2 Å². The number of halogens is 1. The van der Waals surface area contributed by atoms with Crippen molar-refractivity contribution in [2.45, 2.75) is 0 Å². The topological polar surface area (TPSA) is 56.0 Å². The van der Waals surface area contributed by atoms with Gasteiger partial charge in [-0.05, 0) is 12.1 Å². The van der Waals surface area contributed by atoms with E-state index in [1.807, 2.05) is 6.07 Å². The van der Waals surface area contributed by atoms with E-state index in [0.717, 1.165) is 5.39 Å². The molecule has 0 radical (unpaired) electrons. The highest BCUT2D eigenvalue weighted by Crippen LogP contribution is 2.19. The number of nitrogens with two attached hydrogens (primary N) is 1. The minimum atomic E-state index is -1.03. The van der Waals surface area contributed by atoms with Gasteiger partial charge in [0.1, 0.15) is 5.69 Å². The summed E-state index contributed by atoms with van der Waals surface area (Å²) in [5.41, 5.74) is 6.67. The number of nitrogen functional groups attached to an aromatic ring is 1. The van der Waals surface area contributed by atoms with Gasteiger partial charge in [-0.1, -0.05) is 24.8 Å². The summed E-state index contributed by atoms with van der Waals surface area (Å²) in [4.78, 5) is 15.3. The van der Waals surface area contributed by atoms with Crippen molar-refractivity contribution in [3.63, 3.8) is 0 Å². The second-order valence-corrected chi connectivity index (χ2v) is 3.35. The van der Waals surface area contributed by atoms with Crippen molar-refractivity contribution in [3.8, 4) is 0 Å². The van der Waals surface area contributed by atoms with E-state index < -0.39 is 11.6 Å². The Kier molecular flexibility index (Phi) is 2.40. The van der Waals surface area contributed by atoms with Crippen LogP contribution in [0.15, 0.2) is 42.7 Å². The summed E-state index contributed by atoms with van der Waals surface area (Å²) in [7, 11) is 0. The van der Waals surface area contributed by atoms with Crippen LogP contribution in [0.4, 0.5) is 10.1 Å². The number of allylic oxidation sites excluding steroid dienone is 1. The Morgan fingerprint density at radius 2 is 2.06 bits per heavy atom. The molecule has 0 atom stereocenters. The number of carbonyl (C=O) groups excluding carboxylic acids is 1. The Bertz CT molecular complexity index is 593. The van der Waals surface area contributed by atoms with Crippen molar-refractivity contribution in [2.75, 3.05) is 5.73 Å². The van der Waals surface area contributed by atoms with Crippen LogP contribution >= 0.6 is 0 Å². The molecule has 0 unspecified atom stereocenters. The predicted octanol–water partition coefficient (Wildman–Crippen LogP) is 2.48. The SMILES string of the molecule is C=C(F)C(=O)c1ccc2cccc(N)c2n1. The molecule has 3 nitrogen and oxygen atoms in total. The molecule has 0 aliphatic rings. The number of aromatic nitrogens is 1. The zero-order valence-electron chi connectivity index (χ0n) is 8.40. The van der Waals surface area contributed by atoms with E-state index in [-0.39, 0.29) is 5.69 Å². The Morgan fingerprint density at radius 1 is 1.31 bits per heavy atom. The highest BCUT2D eigenvalue weighted by molar-refractivity contribution is 6.07. The minimum Gasteiger partial charge on any atom is -0.397 e. The number of para-hydroxylation sites is 1. The summed E-state index contributed by atoms with van der Waals surface area (Å²) in [6.07, 6.45) is 0. The average Bonchev–Trinajstić information content (AvgIpc) is 2.28. The predicted molar refractivity (Wildman–Crippen MR) is 60.7 cm³/mol. The van der Waals surface area contributed by atoms with E-state index in [2.05, 4.69) is 11.6 Å². The molecule has 0 spiro atoms. The van der Waals surface area contributed by atoms with Gasteiger partial charge >= 0.3 is 0 Å². The number of benzene rings is 1. The van der Waals surface area contributed by atoms with Gasteiger partial charge in [-0.3, -0.25) is 4.79 Å². The number of anilines is 1. The Balaban J connectivity index is 2.64. The molecule has 0 amide bonds. The summed E-state index contributed by atoms with van der Waals surface area (Å²) >= 11 is 0. The number of Topliss-reactive ketones (excluding diaryl/α,β-unsaturated/α-hetero) is 1. The number of hydrogen-bond acceptors (Lipinski definition) is 3. The van der Waals surface area contributed by atoms with E-state index in [0.29, 0.717) is 11.2 Å². The lowest BCUT2D eigenvalue weighted by Crippen LogP contribution is -2.02. The molecular formula is C12H9FN2O. The van der Waals surface area contributed by atoms with Crippen molar-refractivity contribution in [1.82, 2.24) is 4.98 Å². The fourth-order valence-corrected chi connectivity index (χ4v) is 1.44. The summed E-state index contributed by atoms with van der Waals surface area (Å²) in [5, 5.41) is 0.807. The van der Waals surface area contributed by atoms with Crippen molar-refractivity contribution < 1.29 is 9.18 Å². The maximum atomic E-state index is 12.7. The van der Waals surface area contributed by atoms with Crippen LogP contribution in [0.3, 0.4) is 0 Å². The molecule has 0 aliphatic carbocycles. The normalized spacial score (nSPS) is 10.3. The second-order valence-electron chi connectivity index (χ2n) is 3.35. The van der Waals surface area contributed by atoms with Crippen LogP contribution in [0, 0.1) is 0 Å². The zero-order chi connectivity index (χ0) is 11.7. The first-order valence-corrected chi connectivity index (χ1v) is 4.64. The van der Waals surface area contributed by atoms with Crippen LogP contribution in [0.25, 0.3) is 10.9 Å². The van der Waals surface area contributed by atoms with Gasteiger partial charge in [0.15, 0.2) is 5.83 Å². The number of nitrogens with zero attached hydrogens (tertiary/aromatic N) is 1. The van der Waals surface area contributed by atoms with E-state index >= 15 is 0 Å². The van der Waals surface area contributed by atoms with Crippen molar-refractivity contribution in [2.24, 2.45) is 0 Å². The first kappa shape index (κ1) is 10.3. The number of fused-ring (bicyclic) bond motifs is 1. The van der Waals surface area contributed by atoms with Crippen LogP contribution < -0.4 is 5.73 Å². The molecular weight excluding hydrogens is 207 g/mol. The molecule has 1 aromatic heterocycles. The van der Waals surface area contributed by atoms with Gasteiger partial charge in [-0.25, -0.2) is 9.37 Å². The number of hydrogen-bond donors (Lipinski definition) is 1. The zero-order valence-corrected chi connectivity index (χ0v) is 8.40. The number of rotatable bonds is 2. The average molecular weight is 216 g/mol. The van der Waals surface area contributed by atoms with Crippen LogP contribution in [0.2, 0.25) is 0 Å². The lowest BCUT2D eigenvalue weighted by atomic mass is 10.1. The smallest absolute Gasteiger partial charge is 0.239 e. The summed E-state index contributed by atoms with van der Waals surface area (Å²) in [5.74, 6) is -1.84. The fourth-order valence-electron chi connectivity index (χ4n) is 1.44. The number of ketones is 1. The Labute approximate surface area is 91.4 Å². The summed E-state index contributed by atoms with van der Waals surface area (Å²) in [6.45, 7) is 2.95. The molecule has 2 aromatic rings. The lowest BCUT2D eigenvalue weighted by molar-refractivity contribution is 0.100. The largest absolute Gasteiger partial charge is 0.397 e. The standard InChI is InChI=1S/C12H9FN2O/c1-7(13)12(16)10-6-5-8-3-2-4-9(14)11(8)15-10/h2-6H,1,14H2. The van der Waals surface area contributed by atoms with Gasteiger partial charge in [-0.15, -0.1) is 0 Å². The van der Waals surface area contributed by atoms with Crippen LogP contribution in [0.1, 0.15) is 10.5 Å². The molecule has 0 bridgehead atoms. The first-order valence-electron chi connectivity index (χ1n) is 4.64. The molecule has 0 saturated carbocycles. The van der Waals surface area contributed by atoms with Gasteiger partial charge in [0.05, 0.1) is 11.2 Å². The fraction of sp³-hybridized carbons (Fsp3) is 0. The van der Waals surface area contributed by atoms with Crippen molar-refractivity contribution in [3.05, 3.63) is 48.4 Å². The lowest BCUT2D eigenvalue weighted by Gasteiger charge is -2.02. The molecule has 0 aliphatic heterocycles. The maximum Gasteiger partial charge on any atom is 0.239 e. The first-order chi connectivity index (χ1) is 7.59. The van der Waals surface area contributed by atoms with Crippen LogP contribution in [-0.4, -0.2) is 10.8 Å². The Hall–Kier alpha value is -2.23. The van der Waals surface area contributed by atoms with Gasteiger partial charge < -0.3 is 5.73 Å². The number of carbonyl (C=O) groups is 1. The molecule has 1 aromatic carbocycles. The molecule has 1 heterocycles. The third-order valence-electron chi connectivity index (χ3n) is 2.23. The van der Waals surface area contributed by atoms with E-state index in [9.17, 15) is 9.18 Å². The second kappa shape index (κ2) is 3.73. The van der Waals surface area contributed by atoms with Gasteiger partial charge in [-0.2, -0.15) is 0 Å². The van der Waals surface area contributed by atoms with Gasteiger partial charge in [0.2, 0.25) is 5.78 Å². The summed E-state index contributed by atoms with van der Waals surface area (Å²) in [6, 6.07) is 8.41. The number of pyridine rings is 1. The minimum absolute atomic E-state index is 0.0119. The third-order valence-corrected chi connectivity index (χ3v) is 2.23. The quantitative estimate of drug-likeness (QED) is 0.476. The molecule has 16 heavy (non-hydrogen) atoms. The highest BCUT2D eigenvalue weighted by Gasteiger charge is 2.12. The van der Waals surface area contributed by atoms with Crippen LogP contribution in [-0.2, 0) is 0 Å².